The van der Waals surface area contributed by atoms with Crippen molar-refractivity contribution in [1.82, 2.24) is 0 Å². The van der Waals surface area contributed by atoms with E-state index in [1.807, 2.05) is 66.7 Å². The Kier molecular flexibility index (Phi) is 9.17. The van der Waals surface area contributed by atoms with E-state index in [0.29, 0.717) is 6.61 Å². The first kappa shape index (κ1) is 26.1. The molecule has 0 bridgehead atoms. The minimum absolute atomic E-state index is 0.130. The summed E-state index contributed by atoms with van der Waals surface area (Å²) in [7, 11) is -2.79. The van der Waals surface area contributed by atoms with Crippen LogP contribution >= 0.6 is 0 Å². The maximum atomic E-state index is 12.1. The molecule has 0 aliphatic rings. The molecule has 0 amide bonds. The predicted octanol–water partition coefficient (Wildman–Crippen LogP) is 4.86. The van der Waals surface area contributed by atoms with Crippen molar-refractivity contribution in [2.75, 3.05) is 6.61 Å². The van der Waals surface area contributed by atoms with Crippen LogP contribution in [-0.4, -0.2) is 33.2 Å². The summed E-state index contributed by atoms with van der Waals surface area (Å²) in [4.78, 5) is 17.5. The second-order valence-corrected chi connectivity index (χ2v) is 13.5. The van der Waals surface area contributed by atoms with Gasteiger partial charge in [0.1, 0.15) is 6.61 Å². The zero-order chi connectivity index (χ0) is 25.2. The van der Waals surface area contributed by atoms with Gasteiger partial charge >= 0.3 is 5.97 Å². The fraction of sp³-hybridized carbons (Fsp3) is 0.241. The summed E-state index contributed by atoms with van der Waals surface area (Å²) >= 11 is 0. The van der Waals surface area contributed by atoms with E-state index >= 15 is 0 Å². The van der Waals surface area contributed by atoms with Crippen molar-refractivity contribution in [3.8, 4) is 0 Å². The van der Waals surface area contributed by atoms with Gasteiger partial charge in [-0.05, 0) is 21.0 Å². The monoisotopic (exact) mass is 487 g/mol. The summed E-state index contributed by atoms with van der Waals surface area (Å²) in [5.74, 6) is -0.546. The molecule has 3 aromatic carbocycles. The van der Waals surface area contributed by atoms with E-state index in [1.54, 1.807) is 0 Å². The van der Waals surface area contributed by atoms with Crippen LogP contribution in [-0.2, 0) is 25.4 Å². The van der Waals surface area contributed by atoms with Crippen LogP contribution in [0.3, 0.4) is 0 Å². The zero-order valence-corrected chi connectivity index (χ0v) is 21.6. The van der Waals surface area contributed by atoms with Crippen molar-refractivity contribution in [2.24, 2.45) is 5.16 Å². The van der Waals surface area contributed by atoms with Crippen LogP contribution in [0.1, 0.15) is 26.3 Å². The first-order chi connectivity index (χ1) is 16.9. The van der Waals surface area contributed by atoms with Gasteiger partial charge in [-0.3, -0.25) is 0 Å². The quantitative estimate of drug-likeness (QED) is 0.127. The van der Waals surface area contributed by atoms with E-state index in [4.69, 9.17) is 14.0 Å². The molecule has 0 radical (unpaired) electrons. The number of rotatable bonds is 11. The van der Waals surface area contributed by atoms with Gasteiger partial charge in [0.15, 0.2) is 6.10 Å². The topological polar surface area (TPSA) is 57.1 Å². The fourth-order valence-electron chi connectivity index (χ4n) is 4.07. The Morgan fingerprint density at radius 3 is 1.91 bits per heavy atom. The number of hydrogen-bond donors (Lipinski definition) is 0. The Morgan fingerprint density at radius 1 is 0.914 bits per heavy atom. The lowest BCUT2D eigenvalue weighted by Crippen LogP contribution is -2.67. The van der Waals surface area contributed by atoms with Crippen molar-refractivity contribution >= 4 is 30.9 Å². The van der Waals surface area contributed by atoms with Crippen LogP contribution in [0.2, 0.25) is 5.04 Å². The van der Waals surface area contributed by atoms with E-state index < -0.39 is 20.4 Å². The number of hydrogen-bond acceptors (Lipinski definition) is 5. The third-order valence-electron chi connectivity index (χ3n) is 5.69. The van der Waals surface area contributed by atoms with E-state index in [9.17, 15) is 4.79 Å². The Morgan fingerprint density at radius 2 is 1.43 bits per heavy atom. The van der Waals surface area contributed by atoms with Gasteiger partial charge in [-0.1, -0.05) is 124 Å². The average Bonchev–Trinajstić information content (AvgIpc) is 2.87. The molecule has 0 saturated carbocycles. The molecule has 3 aromatic rings. The molecular weight excluding hydrogens is 454 g/mol. The molecule has 5 nitrogen and oxygen atoms in total. The molecule has 0 fully saturated rings. The molecule has 6 heteroatoms. The molecule has 0 aliphatic carbocycles. The minimum atomic E-state index is -2.79. The first-order valence-corrected chi connectivity index (χ1v) is 13.5. The van der Waals surface area contributed by atoms with Gasteiger partial charge in [0.2, 0.25) is 0 Å². The second-order valence-electron chi connectivity index (χ2n) is 9.17. The highest BCUT2D eigenvalue weighted by molar-refractivity contribution is 6.99. The number of ether oxygens (including phenoxy) is 1. The predicted molar refractivity (Wildman–Crippen MR) is 143 cm³/mol. The van der Waals surface area contributed by atoms with Crippen molar-refractivity contribution in [2.45, 2.75) is 38.5 Å². The normalized spacial score (nSPS) is 12.8. The molecule has 0 saturated heterocycles. The van der Waals surface area contributed by atoms with Gasteiger partial charge in [0.25, 0.3) is 8.32 Å². The van der Waals surface area contributed by atoms with Crippen molar-refractivity contribution in [1.29, 1.82) is 0 Å². The SMILES string of the molecule is C=CC(=O)OC(/C=N/OCc1ccccc1)CO[Si](c1ccccc1)(c1ccccc1)C(C)(C)C. The van der Waals surface area contributed by atoms with Crippen LogP contribution in [0.15, 0.2) is 109 Å². The molecular formula is C29H33NO4Si. The summed E-state index contributed by atoms with van der Waals surface area (Å²) in [6, 6.07) is 30.3. The summed E-state index contributed by atoms with van der Waals surface area (Å²) in [6.45, 7) is 10.5. The summed E-state index contributed by atoms with van der Waals surface area (Å²) < 4.78 is 12.4. The van der Waals surface area contributed by atoms with Gasteiger partial charge in [0, 0.05) is 6.08 Å². The number of oxime groups is 1. The Bertz CT molecular complexity index is 1060. The first-order valence-electron chi connectivity index (χ1n) is 11.6. The molecule has 0 spiro atoms. The minimum Gasteiger partial charge on any atom is -0.451 e. The van der Waals surface area contributed by atoms with Gasteiger partial charge in [-0.25, -0.2) is 4.79 Å². The highest BCUT2D eigenvalue weighted by Gasteiger charge is 2.50. The third kappa shape index (κ3) is 6.78. The fourth-order valence-corrected chi connectivity index (χ4v) is 8.64. The lowest BCUT2D eigenvalue weighted by molar-refractivity contribution is -0.141. The smallest absolute Gasteiger partial charge is 0.330 e. The second kappa shape index (κ2) is 12.3. The third-order valence-corrected chi connectivity index (χ3v) is 10.7. The standard InChI is InChI=1S/C29H33NO4Si/c1-5-28(31)34-25(21-30-32-22-24-15-9-6-10-16-24)23-33-35(29(2,3)4,26-17-11-7-12-18-26)27-19-13-8-14-20-27/h5-21,25H,1,22-23H2,2-4H3/b30-21+. The van der Waals surface area contributed by atoms with E-state index in [0.717, 1.165) is 22.0 Å². The summed E-state index contributed by atoms with van der Waals surface area (Å²) in [5, 5.41) is 6.14. The molecule has 0 aliphatic heterocycles. The number of esters is 1. The van der Waals surface area contributed by atoms with Gasteiger partial charge in [-0.15, -0.1) is 0 Å². The molecule has 182 valence electrons. The number of carbonyl (C=O) groups excluding carboxylic acids is 1. The molecule has 3 rings (SSSR count). The van der Waals surface area contributed by atoms with Crippen LogP contribution in [0.25, 0.3) is 0 Å². The zero-order valence-electron chi connectivity index (χ0n) is 20.6. The molecule has 0 N–H and O–H groups in total. The Labute approximate surface area is 209 Å². The van der Waals surface area contributed by atoms with Gasteiger partial charge in [-0.2, -0.15) is 0 Å². The lowest BCUT2D eigenvalue weighted by Gasteiger charge is -2.43. The highest BCUT2D eigenvalue weighted by Crippen LogP contribution is 2.36. The lowest BCUT2D eigenvalue weighted by atomic mass is 10.2. The van der Waals surface area contributed by atoms with E-state index in [1.165, 1.54) is 6.21 Å². The van der Waals surface area contributed by atoms with Gasteiger partial charge < -0.3 is 14.0 Å². The van der Waals surface area contributed by atoms with E-state index in [-0.39, 0.29) is 11.6 Å². The number of benzene rings is 3. The Balaban J connectivity index is 1.88. The van der Waals surface area contributed by atoms with Gasteiger partial charge in [0.05, 0.1) is 12.8 Å². The number of carbonyl (C=O) groups is 1. The van der Waals surface area contributed by atoms with Crippen LogP contribution in [0.4, 0.5) is 0 Å². The Hall–Kier alpha value is -3.48. The summed E-state index contributed by atoms with van der Waals surface area (Å²) in [5.41, 5.74) is 0.993. The maximum Gasteiger partial charge on any atom is 0.330 e. The molecule has 0 aromatic heterocycles. The average molecular weight is 488 g/mol. The largest absolute Gasteiger partial charge is 0.451 e. The molecule has 1 unspecified atom stereocenters. The van der Waals surface area contributed by atoms with Crippen molar-refractivity contribution in [3.63, 3.8) is 0 Å². The summed E-state index contributed by atoms with van der Waals surface area (Å²) in [6.07, 6.45) is 1.87. The molecule has 0 heterocycles. The van der Waals surface area contributed by atoms with Crippen molar-refractivity contribution in [3.05, 3.63) is 109 Å². The molecule has 35 heavy (non-hydrogen) atoms. The highest BCUT2D eigenvalue weighted by atomic mass is 28.4. The van der Waals surface area contributed by atoms with Crippen LogP contribution in [0.5, 0.6) is 0 Å². The maximum absolute atomic E-state index is 12.1. The van der Waals surface area contributed by atoms with Crippen molar-refractivity contribution < 1.29 is 18.8 Å². The number of nitrogens with zero attached hydrogens (tertiary/aromatic N) is 1. The molecule has 1 atom stereocenters. The van der Waals surface area contributed by atoms with E-state index in [2.05, 4.69) is 56.8 Å². The van der Waals surface area contributed by atoms with Crippen LogP contribution in [0, 0.1) is 0 Å². The van der Waals surface area contributed by atoms with Crippen LogP contribution < -0.4 is 10.4 Å².